The summed E-state index contributed by atoms with van der Waals surface area (Å²) >= 11 is 0. The Morgan fingerprint density at radius 1 is 0.714 bits per heavy atom. The van der Waals surface area contributed by atoms with Crippen molar-refractivity contribution in [1.29, 1.82) is 0 Å². The highest BCUT2D eigenvalue weighted by atomic mass is 16.5. The Labute approximate surface area is 175 Å². The van der Waals surface area contributed by atoms with Crippen molar-refractivity contribution in [3.05, 3.63) is 24.3 Å². The lowest BCUT2D eigenvalue weighted by atomic mass is 9.79. The van der Waals surface area contributed by atoms with Gasteiger partial charge in [-0.1, -0.05) is 69.9 Å². The van der Waals surface area contributed by atoms with Crippen LogP contribution in [0, 0.1) is 29.6 Å². The third kappa shape index (κ3) is 9.97. The van der Waals surface area contributed by atoms with Gasteiger partial charge in [0.15, 0.2) is 0 Å². The van der Waals surface area contributed by atoms with E-state index < -0.39 is 0 Å². The molecular formula is C27H44O. The minimum atomic E-state index is 0.506. The first-order valence-electron chi connectivity index (χ1n) is 12.3. The zero-order valence-corrected chi connectivity index (χ0v) is 18.6. The summed E-state index contributed by atoms with van der Waals surface area (Å²) in [7, 11) is 0. The molecule has 0 amide bonds. The lowest BCUT2D eigenvalue weighted by Gasteiger charge is -2.26. The van der Waals surface area contributed by atoms with Gasteiger partial charge in [0.25, 0.3) is 0 Å². The molecule has 0 N–H and O–H groups in total. The Balaban J connectivity index is 1.56. The van der Waals surface area contributed by atoms with Crippen LogP contribution in [0.1, 0.15) is 104 Å². The van der Waals surface area contributed by atoms with E-state index in [1.54, 1.807) is 0 Å². The fourth-order valence-corrected chi connectivity index (χ4v) is 4.66. The fourth-order valence-electron chi connectivity index (χ4n) is 4.66. The number of hydrogen-bond donors (Lipinski definition) is 0. The highest BCUT2D eigenvalue weighted by Crippen LogP contribution is 2.32. The summed E-state index contributed by atoms with van der Waals surface area (Å²) < 4.78 is 5.96. The minimum absolute atomic E-state index is 0.506. The summed E-state index contributed by atoms with van der Waals surface area (Å²) in [5.41, 5.74) is 0. The van der Waals surface area contributed by atoms with Gasteiger partial charge < -0.3 is 4.74 Å². The molecule has 0 aromatic rings. The molecule has 158 valence electrons. The van der Waals surface area contributed by atoms with Crippen molar-refractivity contribution in [2.75, 3.05) is 6.61 Å². The fraction of sp³-hybridized carbons (Fsp3) is 0.778. The van der Waals surface area contributed by atoms with E-state index in [0.29, 0.717) is 12.0 Å². The molecule has 28 heavy (non-hydrogen) atoms. The van der Waals surface area contributed by atoms with Crippen molar-refractivity contribution >= 4 is 0 Å². The Hall–Kier alpha value is -1.00. The molecule has 0 atom stereocenters. The van der Waals surface area contributed by atoms with Gasteiger partial charge in [0.2, 0.25) is 0 Å². The molecule has 1 heteroatoms. The topological polar surface area (TPSA) is 9.23 Å². The van der Waals surface area contributed by atoms with Crippen LogP contribution in [0.3, 0.4) is 0 Å². The van der Waals surface area contributed by atoms with Crippen LogP contribution in [0.4, 0.5) is 0 Å². The van der Waals surface area contributed by atoms with Crippen molar-refractivity contribution in [3.8, 4) is 11.8 Å². The molecule has 0 radical (unpaired) electrons. The standard InChI is InChI=1S/C27H44O/c1-3-5-9-12-24-15-17-25(18-16-24)13-10-7-8-11-14-26-19-21-27(22-20-26)28-23-6-4-2/h10-11,13-14,24-27H,3-6,9,12,15-23H2,1-2H3/t24-,25-,26-,27-. The first kappa shape index (κ1) is 23.3. The quantitative estimate of drug-likeness (QED) is 0.275. The molecule has 2 aliphatic carbocycles. The summed E-state index contributed by atoms with van der Waals surface area (Å²) in [4.78, 5) is 0. The monoisotopic (exact) mass is 384 g/mol. The van der Waals surface area contributed by atoms with Crippen molar-refractivity contribution in [1.82, 2.24) is 0 Å². The first-order valence-corrected chi connectivity index (χ1v) is 12.3. The molecule has 2 rings (SSSR count). The van der Waals surface area contributed by atoms with Crippen molar-refractivity contribution in [2.45, 2.75) is 110 Å². The maximum atomic E-state index is 5.96. The molecule has 0 heterocycles. The molecule has 0 aliphatic heterocycles. The SMILES string of the molecule is CCCCC[C@H]1CC[C@H](C=CC#CC=C[C@H]2CC[C@H](OCCCC)CC2)CC1. The van der Waals surface area contributed by atoms with E-state index in [-0.39, 0.29) is 0 Å². The molecule has 0 saturated heterocycles. The van der Waals surface area contributed by atoms with E-state index in [4.69, 9.17) is 4.74 Å². The average Bonchev–Trinajstić information content (AvgIpc) is 2.73. The lowest BCUT2D eigenvalue weighted by Crippen LogP contribution is -2.21. The van der Waals surface area contributed by atoms with Gasteiger partial charge in [-0.15, -0.1) is 0 Å². The summed E-state index contributed by atoms with van der Waals surface area (Å²) in [5.74, 6) is 8.91. The number of unbranched alkanes of at least 4 members (excludes halogenated alkanes) is 3. The second-order valence-electron chi connectivity index (χ2n) is 9.04. The number of allylic oxidation sites excluding steroid dienone is 4. The number of rotatable bonds is 10. The Morgan fingerprint density at radius 3 is 1.86 bits per heavy atom. The average molecular weight is 385 g/mol. The van der Waals surface area contributed by atoms with Crippen LogP contribution in [-0.4, -0.2) is 12.7 Å². The van der Waals surface area contributed by atoms with Crippen LogP contribution in [0.25, 0.3) is 0 Å². The molecule has 2 saturated carbocycles. The van der Waals surface area contributed by atoms with Crippen LogP contribution in [0.15, 0.2) is 24.3 Å². The van der Waals surface area contributed by atoms with E-state index in [1.165, 1.54) is 89.9 Å². The third-order valence-corrected chi connectivity index (χ3v) is 6.66. The van der Waals surface area contributed by atoms with Crippen LogP contribution in [-0.2, 0) is 4.74 Å². The van der Waals surface area contributed by atoms with Gasteiger partial charge in [-0.3, -0.25) is 0 Å². The van der Waals surface area contributed by atoms with Gasteiger partial charge in [0.1, 0.15) is 0 Å². The summed E-state index contributed by atoms with van der Waals surface area (Å²) in [6, 6.07) is 0. The first-order chi connectivity index (χ1) is 13.8. The second-order valence-corrected chi connectivity index (χ2v) is 9.04. The minimum Gasteiger partial charge on any atom is -0.378 e. The maximum Gasteiger partial charge on any atom is 0.0575 e. The Bertz CT molecular complexity index is 446. The molecule has 2 fully saturated rings. The zero-order valence-electron chi connectivity index (χ0n) is 18.6. The molecule has 0 bridgehead atoms. The van der Waals surface area contributed by atoms with Crippen LogP contribution in [0.2, 0.25) is 0 Å². The van der Waals surface area contributed by atoms with Crippen molar-refractivity contribution in [2.24, 2.45) is 17.8 Å². The third-order valence-electron chi connectivity index (χ3n) is 6.66. The Kier molecular flexibility index (Phi) is 12.4. The van der Waals surface area contributed by atoms with E-state index in [1.807, 2.05) is 0 Å². The van der Waals surface area contributed by atoms with E-state index in [0.717, 1.165) is 18.4 Å². The van der Waals surface area contributed by atoms with E-state index in [2.05, 4.69) is 50.0 Å². The van der Waals surface area contributed by atoms with E-state index >= 15 is 0 Å². The van der Waals surface area contributed by atoms with Gasteiger partial charge in [-0.25, -0.2) is 0 Å². The highest BCUT2D eigenvalue weighted by Gasteiger charge is 2.20. The highest BCUT2D eigenvalue weighted by molar-refractivity contribution is 5.24. The van der Waals surface area contributed by atoms with Crippen molar-refractivity contribution < 1.29 is 4.74 Å². The molecule has 0 aromatic carbocycles. The smallest absolute Gasteiger partial charge is 0.0575 e. The second kappa shape index (κ2) is 14.9. The predicted octanol–water partition coefficient (Wildman–Crippen LogP) is 7.86. The summed E-state index contributed by atoms with van der Waals surface area (Å²) in [6.45, 7) is 5.47. The Morgan fingerprint density at radius 2 is 1.29 bits per heavy atom. The van der Waals surface area contributed by atoms with Gasteiger partial charge in [-0.2, -0.15) is 0 Å². The normalized spacial score (nSPS) is 28.5. The lowest BCUT2D eigenvalue weighted by molar-refractivity contribution is 0.0209. The van der Waals surface area contributed by atoms with Crippen LogP contribution in [0.5, 0.6) is 0 Å². The molecule has 0 aromatic heterocycles. The van der Waals surface area contributed by atoms with Crippen molar-refractivity contribution in [3.63, 3.8) is 0 Å². The summed E-state index contributed by atoms with van der Waals surface area (Å²) in [5, 5.41) is 0. The van der Waals surface area contributed by atoms with Gasteiger partial charge >= 0.3 is 0 Å². The number of ether oxygens (including phenoxy) is 1. The molecular weight excluding hydrogens is 340 g/mol. The summed E-state index contributed by atoms with van der Waals surface area (Å²) in [6.07, 6.45) is 28.0. The van der Waals surface area contributed by atoms with E-state index in [9.17, 15) is 0 Å². The van der Waals surface area contributed by atoms with Gasteiger partial charge in [0, 0.05) is 6.61 Å². The zero-order chi connectivity index (χ0) is 19.9. The largest absolute Gasteiger partial charge is 0.378 e. The molecule has 1 nitrogen and oxygen atoms in total. The van der Waals surface area contributed by atoms with Gasteiger partial charge in [-0.05, 0) is 87.7 Å². The van der Waals surface area contributed by atoms with Gasteiger partial charge in [0.05, 0.1) is 6.10 Å². The molecule has 2 aliphatic rings. The van der Waals surface area contributed by atoms with Crippen LogP contribution < -0.4 is 0 Å². The number of hydrogen-bond acceptors (Lipinski definition) is 1. The maximum absolute atomic E-state index is 5.96. The molecule has 0 unspecified atom stereocenters. The predicted molar refractivity (Wildman–Crippen MR) is 122 cm³/mol. The molecule has 0 spiro atoms. The van der Waals surface area contributed by atoms with Crippen LogP contribution >= 0.6 is 0 Å².